The summed E-state index contributed by atoms with van der Waals surface area (Å²) in [6.45, 7) is 0.298. The van der Waals surface area contributed by atoms with Gasteiger partial charge in [-0.25, -0.2) is 4.79 Å². The summed E-state index contributed by atoms with van der Waals surface area (Å²) in [4.78, 5) is 23.3. The molecule has 0 spiro atoms. The molecule has 2 N–H and O–H groups in total. The van der Waals surface area contributed by atoms with E-state index in [2.05, 4.69) is 0 Å². The molecule has 5 nitrogen and oxygen atoms in total. The molecule has 0 aliphatic heterocycles. The van der Waals surface area contributed by atoms with E-state index in [0.29, 0.717) is 18.6 Å². The van der Waals surface area contributed by atoms with Gasteiger partial charge in [-0.1, -0.05) is 18.2 Å². The van der Waals surface area contributed by atoms with Crippen molar-refractivity contribution in [3.8, 4) is 5.75 Å². The fourth-order valence-corrected chi connectivity index (χ4v) is 1.81. The van der Waals surface area contributed by atoms with Crippen LogP contribution in [0, 0.1) is 0 Å². The molecule has 0 heterocycles. The van der Waals surface area contributed by atoms with Crippen LogP contribution in [0.1, 0.15) is 15.9 Å². The lowest BCUT2D eigenvalue weighted by Crippen LogP contribution is -2.20. The van der Waals surface area contributed by atoms with Crippen LogP contribution in [-0.2, 0) is 11.3 Å². The van der Waals surface area contributed by atoms with Crippen molar-refractivity contribution >= 4 is 18.1 Å². The Morgan fingerprint density at radius 3 is 2.40 bits per heavy atom. The van der Waals surface area contributed by atoms with Crippen molar-refractivity contribution in [2.45, 2.75) is 6.54 Å². The van der Waals surface area contributed by atoms with Gasteiger partial charge in [-0.15, -0.1) is 0 Å². The summed E-state index contributed by atoms with van der Waals surface area (Å²) in [6.07, 6.45) is 0.667. The molecule has 20 heavy (non-hydrogen) atoms. The van der Waals surface area contributed by atoms with Gasteiger partial charge in [0.1, 0.15) is 5.75 Å². The van der Waals surface area contributed by atoms with E-state index in [0.717, 1.165) is 5.56 Å². The average molecular weight is 271 g/mol. The summed E-state index contributed by atoms with van der Waals surface area (Å²) < 4.78 is 0. The minimum Gasteiger partial charge on any atom is -0.508 e. The summed E-state index contributed by atoms with van der Waals surface area (Å²) in [7, 11) is 0. The number of hydrogen-bond acceptors (Lipinski definition) is 3. The zero-order valence-electron chi connectivity index (χ0n) is 10.6. The van der Waals surface area contributed by atoms with Gasteiger partial charge in [-0.3, -0.25) is 4.79 Å². The molecule has 5 heteroatoms. The van der Waals surface area contributed by atoms with Gasteiger partial charge in [-0.2, -0.15) is 0 Å². The van der Waals surface area contributed by atoms with Crippen molar-refractivity contribution in [2.75, 3.05) is 4.90 Å². The largest absolute Gasteiger partial charge is 0.508 e. The fraction of sp³-hybridized carbons (Fsp3) is 0.0667. The van der Waals surface area contributed by atoms with Gasteiger partial charge in [0.25, 0.3) is 0 Å². The number of carbonyl (C=O) groups excluding carboxylic acids is 1. The van der Waals surface area contributed by atoms with Crippen LogP contribution in [0.3, 0.4) is 0 Å². The predicted molar refractivity (Wildman–Crippen MR) is 73.8 cm³/mol. The highest BCUT2D eigenvalue weighted by Crippen LogP contribution is 2.20. The van der Waals surface area contributed by atoms with Crippen LogP contribution in [0.5, 0.6) is 5.75 Å². The zero-order chi connectivity index (χ0) is 14.5. The van der Waals surface area contributed by atoms with Gasteiger partial charge < -0.3 is 15.1 Å². The fourth-order valence-electron chi connectivity index (χ4n) is 1.81. The van der Waals surface area contributed by atoms with Gasteiger partial charge >= 0.3 is 5.97 Å². The maximum Gasteiger partial charge on any atom is 0.335 e. The second-order valence-electron chi connectivity index (χ2n) is 4.26. The van der Waals surface area contributed by atoms with Crippen LogP contribution < -0.4 is 4.90 Å². The predicted octanol–water partition coefficient (Wildman–Crippen LogP) is 2.25. The van der Waals surface area contributed by atoms with Crippen LogP contribution in [0.2, 0.25) is 0 Å². The molecule has 0 aromatic heterocycles. The number of carbonyl (C=O) groups is 2. The van der Waals surface area contributed by atoms with E-state index in [1.807, 2.05) is 0 Å². The lowest BCUT2D eigenvalue weighted by molar-refractivity contribution is -0.107. The summed E-state index contributed by atoms with van der Waals surface area (Å²) in [5.41, 5.74) is 1.57. The second kappa shape index (κ2) is 5.88. The van der Waals surface area contributed by atoms with Crippen molar-refractivity contribution < 1.29 is 19.8 Å². The van der Waals surface area contributed by atoms with Gasteiger partial charge in [0.15, 0.2) is 0 Å². The number of phenolic OH excluding ortho intramolecular Hbond substituents is 1. The third kappa shape index (κ3) is 3.14. The summed E-state index contributed by atoms with van der Waals surface area (Å²) in [6, 6.07) is 12.7. The Morgan fingerprint density at radius 2 is 1.85 bits per heavy atom. The highest BCUT2D eigenvalue weighted by atomic mass is 16.4. The number of aromatic carboxylic acids is 1. The van der Waals surface area contributed by atoms with Crippen molar-refractivity contribution in [1.82, 2.24) is 0 Å². The molecule has 0 radical (unpaired) electrons. The molecular weight excluding hydrogens is 258 g/mol. The van der Waals surface area contributed by atoms with Gasteiger partial charge in [0.05, 0.1) is 12.1 Å². The molecule has 2 aromatic carbocycles. The number of carboxylic acids is 1. The molecule has 1 amide bonds. The molecule has 0 unspecified atom stereocenters. The Morgan fingerprint density at radius 1 is 1.15 bits per heavy atom. The maximum absolute atomic E-state index is 11.1. The van der Waals surface area contributed by atoms with Gasteiger partial charge in [-0.05, 0) is 29.8 Å². The van der Waals surface area contributed by atoms with Crippen molar-refractivity contribution in [1.29, 1.82) is 0 Å². The molecule has 0 fully saturated rings. The number of rotatable bonds is 5. The Hall–Kier alpha value is -2.82. The number of carboxylic acid groups (broad SMARTS) is 1. The highest BCUT2D eigenvalue weighted by molar-refractivity contribution is 5.87. The van der Waals surface area contributed by atoms with Crippen molar-refractivity contribution in [3.05, 3.63) is 59.7 Å². The summed E-state index contributed by atoms with van der Waals surface area (Å²) in [5, 5.41) is 18.2. The Kier molecular flexibility index (Phi) is 4.00. The summed E-state index contributed by atoms with van der Waals surface area (Å²) in [5.74, 6) is -0.910. The number of aromatic hydroxyl groups is 1. The molecule has 2 rings (SSSR count). The smallest absolute Gasteiger partial charge is 0.335 e. The van der Waals surface area contributed by atoms with E-state index < -0.39 is 5.97 Å². The van der Waals surface area contributed by atoms with Crippen LogP contribution in [0.4, 0.5) is 5.69 Å². The monoisotopic (exact) mass is 271 g/mol. The SMILES string of the molecule is O=CN(Cc1ccc(C(=O)O)cc1)c1cccc(O)c1. The van der Waals surface area contributed by atoms with E-state index in [1.54, 1.807) is 24.3 Å². The van der Waals surface area contributed by atoms with E-state index in [9.17, 15) is 14.7 Å². The Balaban J connectivity index is 2.18. The first-order chi connectivity index (χ1) is 9.60. The quantitative estimate of drug-likeness (QED) is 0.818. The van der Waals surface area contributed by atoms with E-state index in [1.165, 1.54) is 29.2 Å². The minimum atomic E-state index is -0.989. The topological polar surface area (TPSA) is 77.8 Å². The molecule has 2 aromatic rings. The number of phenols is 1. The first-order valence-electron chi connectivity index (χ1n) is 5.93. The molecular formula is C15H13NO4. The van der Waals surface area contributed by atoms with Crippen LogP contribution in [0.25, 0.3) is 0 Å². The maximum atomic E-state index is 11.1. The first kappa shape index (κ1) is 13.6. The van der Waals surface area contributed by atoms with Crippen molar-refractivity contribution in [3.63, 3.8) is 0 Å². The Labute approximate surface area is 115 Å². The molecule has 0 aliphatic rings. The van der Waals surface area contributed by atoms with Crippen molar-refractivity contribution in [2.24, 2.45) is 0 Å². The highest BCUT2D eigenvalue weighted by Gasteiger charge is 2.08. The van der Waals surface area contributed by atoms with Crippen LogP contribution in [-0.4, -0.2) is 22.6 Å². The zero-order valence-corrected chi connectivity index (χ0v) is 10.6. The first-order valence-corrected chi connectivity index (χ1v) is 5.93. The summed E-state index contributed by atoms with van der Waals surface area (Å²) >= 11 is 0. The third-order valence-corrected chi connectivity index (χ3v) is 2.84. The normalized spacial score (nSPS) is 10.0. The van der Waals surface area contributed by atoms with E-state index in [-0.39, 0.29) is 11.3 Å². The number of amides is 1. The van der Waals surface area contributed by atoms with E-state index >= 15 is 0 Å². The molecule has 0 bridgehead atoms. The molecule has 0 saturated heterocycles. The molecule has 0 atom stereocenters. The minimum absolute atomic E-state index is 0.0792. The average Bonchev–Trinajstić information content (AvgIpc) is 2.45. The van der Waals surface area contributed by atoms with Gasteiger partial charge in [0.2, 0.25) is 6.41 Å². The lowest BCUT2D eigenvalue weighted by Gasteiger charge is -2.17. The third-order valence-electron chi connectivity index (χ3n) is 2.84. The molecule has 102 valence electrons. The number of anilines is 1. The molecule has 0 aliphatic carbocycles. The molecule has 0 saturated carbocycles. The Bertz CT molecular complexity index is 622. The van der Waals surface area contributed by atoms with Gasteiger partial charge in [0, 0.05) is 11.8 Å². The van der Waals surface area contributed by atoms with Crippen LogP contribution in [0.15, 0.2) is 48.5 Å². The number of hydrogen-bond donors (Lipinski definition) is 2. The number of nitrogens with zero attached hydrogens (tertiary/aromatic N) is 1. The lowest BCUT2D eigenvalue weighted by atomic mass is 10.1. The second-order valence-corrected chi connectivity index (χ2v) is 4.26. The number of benzene rings is 2. The van der Waals surface area contributed by atoms with E-state index in [4.69, 9.17) is 5.11 Å². The standard InChI is InChI=1S/C15H13NO4/c17-10-16(13-2-1-3-14(18)8-13)9-11-4-6-12(7-5-11)15(19)20/h1-8,10,18H,9H2,(H,19,20). The van der Waals surface area contributed by atoms with Crippen LogP contribution >= 0.6 is 0 Å².